The zero-order valence-electron chi connectivity index (χ0n) is 24.3. The van der Waals surface area contributed by atoms with E-state index in [0.29, 0.717) is 49.0 Å². The van der Waals surface area contributed by atoms with Crippen LogP contribution in [0.1, 0.15) is 112 Å². The molecule has 1 unspecified atom stereocenters. The monoisotopic (exact) mass is 558 g/mol. The summed E-state index contributed by atoms with van der Waals surface area (Å²) in [6.45, 7) is 8.01. The molecule has 3 aliphatic rings. The summed E-state index contributed by atoms with van der Waals surface area (Å²) in [4.78, 5) is 47.9. The molecule has 1 saturated heterocycles. The Labute approximate surface area is 237 Å². The predicted octanol–water partition coefficient (Wildman–Crippen LogP) is 7.01. The van der Waals surface area contributed by atoms with Gasteiger partial charge in [0.1, 0.15) is 4.88 Å². The number of anilines is 1. The third kappa shape index (κ3) is 7.51. The molecule has 216 valence electrons. The average Bonchev–Trinajstić information content (AvgIpc) is 3.51. The first-order valence-electron chi connectivity index (χ1n) is 14.9. The fourth-order valence-corrected chi connectivity index (χ4v) is 7.34. The van der Waals surface area contributed by atoms with Crippen LogP contribution in [0.25, 0.3) is 5.57 Å². The first kappa shape index (κ1) is 29.8. The van der Waals surface area contributed by atoms with Gasteiger partial charge < -0.3 is 9.64 Å². The quantitative estimate of drug-likeness (QED) is 0.273. The predicted molar refractivity (Wildman–Crippen MR) is 155 cm³/mol. The minimum Gasteiger partial charge on any atom is -0.465 e. The summed E-state index contributed by atoms with van der Waals surface area (Å²) < 4.78 is 5.10. The van der Waals surface area contributed by atoms with Gasteiger partial charge in [-0.3, -0.25) is 14.4 Å². The molecule has 2 aliphatic carbocycles. The van der Waals surface area contributed by atoms with Gasteiger partial charge in [-0.05, 0) is 80.3 Å². The van der Waals surface area contributed by atoms with Crippen molar-refractivity contribution in [1.29, 1.82) is 0 Å². The van der Waals surface area contributed by atoms with Crippen molar-refractivity contribution in [3.05, 3.63) is 21.9 Å². The lowest BCUT2D eigenvalue weighted by atomic mass is 9.83. The second-order valence-electron chi connectivity index (χ2n) is 12.1. The molecular formula is C31H46N2O5S. The van der Waals surface area contributed by atoms with Crippen LogP contribution in [0.2, 0.25) is 0 Å². The van der Waals surface area contributed by atoms with Crippen molar-refractivity contribution < 1.29 is 24.0 Å². The van der Waals surface area contributed by atoms with Gasteiger partial charge in [0.15, 0.2) is 0 Å². The van der Waals surface area contributed by atoms with Crippen molar-refractivity contribution in [2.45, 2.75) is 97.8 Å². The van der Waals surface area contributed by atoms with E-state index in [4.69, 9.17) is 9.57 Å². The molecule has 1 aromatic heterocycles. The minimum absolute atomic E-state index is 0.0125. The van der Waals surface area contributed by atoms with Crippen molar-refractivity contribution in [3.8, 4) is 0 Å². The second-order valence-corrected chi connectivity index (χ2v) is 13.2. The molecule has 2 heterocycles. The summed E-state index contributed by atoms with van der Waals surface area (Å²) >= 11 is 1.43. The Morgan fingerprint density at radius 3 is 2.64 bits per heavy atom. The average molecular weight is 559 g/mol. The van der Waals surface area contributed by atoms with Crippen molar-refractivity contribution in [2.75, 3.05) is 31.7 Å². The highest BCUT2D eigenvalue weighted by atomic mass is 32.1. The van der Waals surface area contributed by atoms with Crippen molar-refractivity contribution in [1.82, 2.24) is 5.06 Å². The maximum atomic E-state index is 13.1. The van der Waals surface area contributed by atoms with Gasteiger partial charge in [0.05, 0.1) is 25.9 Å². The van der Waals surface area contributed by atoms with E-state index in [1.54, 1.807) is 9.96 Å². The number of hydroxylamine groups is 2. The Balaban J connectivity index is 1.39. The lowest BCUT2D eigenvalue weighted by molar-refractivity contribution is -0.185. The van der Waals surface area contributed by atoms with Gasteiger partial charge in [-0.25, -0.2) is 9.86 Å². The molecule has 0 N–H and O–H groups in total. The van der Waals surface area contributed by atoms with Gasteiger partial charge in [-0.1, -0.05) is 39.7 Å². The van der Waals surface area contributed by atoms with E-state index in [9.17, 15) is 14.4 Å². The second kappa shape index (κ2) is 13.4. The lowest BCUT2D eigenvalue weighted by Gasteiger charge is -2.29. The maximum Gasteiger partial charge on any atom is 0.350 e. The van der Waals surface area contributed by atoms with E-state index in [1.807, 2.05) is 13.0 Å². The minimum atomic E-state index is -0.403. The molecule has 0 bridgehead atoms. The smallest absolute Gasteiger partial charge is 0.350 e. The Kier molecular flexibility index (Phi) is 10.3. The summed E-state index contributed by atoms with van der Waals surface area (Å²) in [6, 6.07) is 2.00. The van der Waals surface area contributed by atoms with E-state index in [1.165, 1.54) is 56.1 Å². The number of nitrogens with zero attached hydrogens (tertiary/aromatic N) is 2. The SMILES string of the molecule is CCC(=O)N(CCCC1(C)CC(=O)N(OCC2CCC(C)CC2)C1)c1cc(C2=CCCCC2)sc1C(=O)OC. The number of amides is 2. The molecule has 4 rings (SSSR count). The Bertz CT molecular complexity index is 1060. The van der Waals surface area contributed by atoms with E-state index in [0.717, 1.165) is 42.9 Å². The Hall–Kier alpha value is -2.19. The first-order valence-corrected chi connectivity index (χ1v) is 15.7. The molecule has 0 spiro atoms. The Morgan fingerprint density at radius 2 is 1.97 bits per heavy atom. The number of methoxy groups -OCH3 is 1. The highest BCUT2D eigenvalue weighted by molar-refractivity contribution is 7.15. The van der Waals surface area contributed by atoms with Crippen molar-refractivity contribution in [2.24, 2.45) is 17.3 Å². The first-order chi connectivity index (χ1) is 18.7. The van der Waals surface area contributed by atoms with Crippen LogP contribution in [0.4, 0.5) is 5.69 Å². The summed E-state index contributed by atoms with van der Waals surface area (Å²) in [7, 11) is 1.39. The molecule has 2 amide bonds. The maximum absolute atomic E-state index is 13.1. The Morgan fingerprint density at radius 1 is 1.21 bits per heavy atom. The molecule has 1 atom stereocenters. The van der Waals surface area contributed by atoms with Crippen LogP contribution in [0, 0.1) is 17.3 Å². The third-order valence-corrected chi connectivity index (χ3v) is 9.91. The summed E-state index contributed by atoms with van der Waals surface area (Å²) in [6.07, 6.45) is 13.8. The molecule has 1 aliphatic heterocycles. The van der Waals surface area contributed by atoms with Gasteiger partial charge in [0.25, 0.3) is 0 Å². The van der Waals surface area contributed by atoms with Crippen LogP contribution < -0.4 is 4.90 Å². The third-order valence-electron chi connectivity index (χ3n) is 8.73. The summed E-state index contributed by atoms with van der Waals surface area (Å²) in [5.74, 6) is 0.977. The number of thiophene rings is 1. The number of carbonyl (C=O) groups excluding carboxylic acids is 3. The van der Waals surface area contributed by atoms with Gasteiger partial charge in [-0.15, -0.1) is 11.3 Å². The van der Waals surface area contributed by atoms with Crippen LogP contribution in [0.3, 0.4) is 0 Å². The zero-order chi connectivity index (χ0) is 28.0. The van der Waals surface area contributed by atoms with Crippen LogP contribution in [0.5, 0.6) is 0 Å². The number of hydrogen-bond acceptors (Lipinski definition) is 6. The van der Waals surface area contributed by atoms with Gasteiger partial charge in [0, 0.05) is 24.3 Å². The number of ether oxygens (including phenoxy) is 1. The number of carbonyl (C=O) groups is 3. The highest BCUT2D eigenvalue weighted by Crippen LogP contribution is 2.40. The van der Waals surface area contributed by atoms with E-state index in [-0.39, 0.29) is 17.2 Å². The lowest BCUT2D eigenvalue weighted by Crippen LogP contribution is -2.33. The molecule has 0 aromatic carbocycles. The molecule has 8 heteroatoms. The van der Waals surface area contributed by atoms with Crippen LogP contribution in [-0.2, 0) is 19.2 Å². The van der Waals surface area contributed by atoms with Crippen LogP contribution in [-0.4, -0.2) is 49.7 Å². The van der Waals surface area contributed by atoms with E-state index < -0.39 is 5.97 Å². The van der Waals surface area contributed by atoms with Crippen molar-refractivity contribution >= 4 is 40.4 Å². The highest BCUT2D eigenvalue weighted by Gasteiger charge is 2.40. The molecule has 0 radical (unpaired) electrons. The molecule has 7 nitrogen and oxygen atoms in total. The largest absolute Gasteiger partial charge is 0.465 e. The van der Waals surface area contributed by atoms with E-state index >= 15 is 0 Å². The molecule has 1 aromatic rings. The van der Waals surface area contributed by atoms with Crippen molar-refractivity contribution in [3.63, 3.8) is 0 Å². The fraction of sp³-hybridized carbons (Fsp3) is 0.710. The number of esters is 1. The summed E-state index contributed by atoms with van der Waals surface area (Å²) in [5, 5.41) is 1.59. The molecule has 39 heavy (non-hydrogen) atoms. The fourth-order valence-electron chi connectivity index (χ4n) is 6.20. The normalized spacial score (nSPS) is 25.5. The molecule has 2 fully saturated rings. The zero-order valence-corrected chi connectivity index (χ0v) is 25.1. The van der Waals surface area contributed by atoms with Gasteiger partial charge >= 0.3 is 5.97 Å². The van der Waals surface area contributed by atoms with Gasteiger partial charge in [0.2, 0.25) is 11.8 Å². The number of hydrogen-bond donors (Lipinski definition) is 0. The standard InChI is InChI=1S/C31H46N2O5S/c1-5-27(34)32(25-18-26(24-10-7-6-8-11-24)39-29(25)30(36)37-4)17-9-16-31(3)19-28(35)33(21-31)38-20-23-14-12-22(2)13-15-23/h10,18,22-23H,5-9,11-17,19-21H2,1-4H3. The van der Waals surface area contributed by atoms with E-state index in [2.05, 4.69) is 19.9 Å². The number of allylic oxidation sites excluding steroid dienone is 2. The number of rotatable bonds is 11. The summed E-state index contributed by atoms with van der Waals surface area (Å²) in [5.41, 5.74) is 1.71. The van der Waals surface area contributed by atoms with Gasteiger partial charge in [-0.2, -0.15) is 0 Å². The van der Waals surface area contributed by atoms with Crippen LogP contribution >= 0.6 is 11.3 Å². The molecular weight excluding hydrogens is 512 g/mol. The van der Waals surface area contributed by atoms with Crippen LogP contribution in [0.15, 0.2) is 12.1 Å². The molecule has 1 saturated carbocycles. The topological polar surface area (TPSA) is 76.2 Å².